The number of carbonyl (C=O) groups is 1. The van der Waals surface area contributed by atoms with E-state index in [0.717, 1.165) is 35.9 Å². The number of hydrogen-bond acceptors (Lipinski definition) is 6. The van der Waals surface area contributed by atoms with Crippen molar-refractivity contribution >= 4 is 46.4 Å². The van der Waals surface area contributed by atoms with Crippen molar-refractivity contribution < 1.29 is 4.79 Å². The lowest BCUT2D eigenvalue weighted by Crippen LogP contribution is -2.15. The van der Waals surface area contributed by atoms with Crippen LogP contribution in [-0.2, 0) is 17.8 Å². The maximum absolute atomic E-state index is 12.3. The largest absolute Gasteiger partial charge is 0.310 e. The van der Waals surface area contributed by atoms with Crippen LogP contribution in [0.25, 0.3) is 11.4 Å². The van der Waals surface area contributed by atoms with E-state index >= 15 is 0 Å². The zero-order valence-corrected chi connectivity index (χ0v) is 18.4. The zero-order chi connectivity index (χ0) is 20.1. The van der Waals surface area contributed by atoms with Gasteiger partial charge in [-0.3, -0.25) is 4.79 Å². The molecule has 1 N–H and O–H groups in total. The molecule has 3 aromatic heterocycles. The molecule has 0 atom stereocenters. The molecular formula is C19H22ClN5OS2. The highest BCUT2D eigenvalue weighted by Crippen LogP contribution is 2.32. The maximum Gasteiger partial charge on any atom is 0.236 e. The maximum atomic E-state index is 12.3. The number of nitrogens with zero attached hydrogens (tertiary/aromatic N) is 4. The van der Waals surface area contributed by atoms with Gasteiger partial charge < -0.3 is 9.88 Å². The summed E-state index contributed by atoms with van der Waals surface area (Å²) in [7, 11) is 0. The van der Waals surface area contributed by atoms with Gasteiger partial charge in [-0.1, -0.05) is 37.2 Å². The van der Waals surface area contributed by atoms with E-state index in [0.29, 0.717) is 10.8 Å². The number of anilines is 1. The molecule has 28 heavy (non-hydrogen) atoms. The van der Waals surface area contributed by atoms with E-state index in [9.17, 15) is 4.79 Å². The third-order valence-electron chi connectivity index (χ3n) is 4.19. The summed E-state index contributed by atoms with van der Waals surface area (Å²) in [6.45, 7) is 7.22. The van der Waals surface area contributed by atoms with Crippen LogP contribution in [0.15, 0.2) is 28.9 Å². The summed E-state index contributed by atoms with van der Waals surface area (Å²) in [6, 6.07) is 3.36. The van der Waals surface area contributed by atoms with Crippen molar-refractivity contribution in [3.05, 3.63) is 39.2 Å². The van der Waals surface area contributed by atoms with Crippen molar-refractivity contribution in [3.8, 4) is 11.4 Å². The van der Waals surface area contributed by atoms with Crippen molar-refractivity contribution in [2.45, 2.75) is 45.3 Å². The fourth-order valence-corrected chi connectivity index (χ4v) is 4.70. The van der Waals surface area contributed by atoms with E-state index in [1.807, 2.05) is 0 Å². The molecule has 3 aromatic rings. The topological polar surface area (TPSA) is 72.7 Å². The second kappa shape index (κ2) is 9.54. The summed E-state index contributed by atoms with van der Waals surface area (Å²) < 4.78 is 2.11. The van der Waals surface area contributed by atoms with Gasteiger partial charge in [0.25, 0.3) is 0 Å². The van der Waals surface area contributed by atoms with Crippen LogP contribution in [0.5, 0.6) is 0 Å². The van der Waals surface area contributed by atoms with E-state index in [1.54, 1.807) is 23.5 Å². The first-order valence-electron chi connectivity index (χ1n) is 9.08. The molecule has 0 aliphatic carbocycles. The van der Waals surface area contributed by atoms with Gasteiger partial charge >= 0.3 is 0 Å². The monoisotopic (exact) mass is 435 g/mol. The highest BCUT2D eigenvalue weighted by atomic mass is 35.5. The first kappa shape index (κ1) is 20.8. The Labute approximate surface area is 177 Å². The molecule has 3 rings (SSSR count). The summed E-state index contributed by atoms with van der Waals surface area (Å²) in [4.78, 5) is 17.7. The average molecular weight is 436 g/mol. The van der Waals surface area contributed by atoms with Crippen LogP contribution in [-0.4, -0.2) is 31.4 Å². The molecule has 148 valence electrons. The fraction of sp³-hybridized carbons (Fsp3) is 0.368. The molecule has 1 amide bonds. The number of aromatic nitrogens is 4. The number of carbonyl (C=O) groups excluding carboxylic acids is 1. The van der Waals surface area contributed by atoms with Crippen LogP contribution in [0, 0.1) is 6.92 Å². The molecule has 0 bridgehead atoms. The van der Waals surface area contributed by atoms with Crippen LogP contribution >= 0.6 is 34.7 Å². The summed E-state index contributed by atoms with van der Waals surface area (Å²) in [6.07, 6.45) is 3.43. The minimum atomic E-state index is -0.145. The minimum absolute atomic E-state index is 0.145. The van der Waals surface area contributed by atoms with Gasteiger partial charge in [-0.15, -0.1) is 21.5 Å². The fourth-order valence-electron chi connectivity index (χ4n) is 2.88. The van der Waals surface area contributed by atoms with Crippen molar-refractivity contribution in [2.75, 3.05) is 11.1 Å². The number of nitrogens with one attached hydrogen (secondary N) is 1. The van der Waals surface area contributed by atoms with Gasteiger partial charge in [0.05, 0.1) is 10.8 Å². The second-order valence-electron chi connectivity index (χ2n) is 6.19. The Morgan fingerprint density at radius 2 is 2.14 bits per heavy atom. The van der Waals surface area contributed by atoms with Gasteiger partial charge in [-0.05, 0) is 37.5 Å². The van der Waals surface area contributed by atoms with Gasteiger partial charge in [-0.25, -0.2) is 4.98 Å². The normalized spacial score (nSPS) is 11.0. The number of pyridine rings is 1. The van der Waals surface area contributed by atoms with Crippen molar-refractivity contribution in [2.24, 2.45) is 0 Å². The average Bonchev–Trinajstić information content (AvgIpc) is 3.25. The highest BCUT2D eigenvalue weighted by molar-refractivity contribution is 7.99. The Morgan fingerprint density at radius 1 is 1.32 bits per heavy atom. The zero-order valence-electron chi connectivity index (χ0n) is 16.0. The number of thioether (sulfide) groups is 1. The number of rotatable bonds is 8. The lowest BCUT2D eigenvalue weighted by atomic mass is 10.1. The molecule has 0 unspecified atom stereocenters. The van der Waals surface area contributed by atoms with E-state index in [-0.39, 0.29) is 11.7 Å². The van der Waals surface area contributed by atoms with Crippen LogP contribution in [0.4, 0.5) is 5.82 Å². The Balaban J connectivity index is 1.74. The van der Waals surface area contributed by atoms with E-state index in [4.69, 9.17) is 11.6 Å². The number of hydrogen-bond donors (Lipinski definition) is 1. The van der Waals surface area contributed by atoms with Gasteiger partial charge in [0.15, 0.2) is 11.0 Å². The predicted molar refractivity (Wildman–Crippen MR) is 116 cm³/mol. The molecule has 0 radical (unpaired) electrons. The van der Waals surface area contributed by atoms with E-state index in [2.05, 4.69) is 51.2 Å². The van der Waals surface area contributed by atoms with Crippen LogP contribution in [0.1, 0.15) is 30.7 Å². The summed E-state index contributed by atoms with van der Waals surface area (Å²) in [5.74, 6) is 1.44. The number of aryl methyl sites for hydroxylation is 1. The molecule has 0 saturated carbocycles. The molecule has 0 aliphatic heterocycles. The molecule has 0 aliphatic rings. The minimum Gasteiger partial charge on any atom is -0.310 e. The van der Waals surface area contributed by atoms with Crippen LogP contribution in [0.3, 0.4) is 0 Å². The molecule has 0 fully saturated rings. The van der Waals surface area contributed by atoms with E-state index < -0.39 is 0 Å². The first-order valence-corrected chi connectivity index (χ1v) is 11.3. The highest BCUT2D eigenvalue weighted by Gasteiger charge is 2.19. The summed E-state index contributed by atoms with van der Waals surface area (Å²) in [5, 5.41) is 15.0. The van der Waals surface area contributed by atoms with Crippen molar-refractivity contribution in [1.29, 1.82) is 0 Å². The van der Waals surface area contributed by atoms with Gasteiger partial charge in [0.2, 0.25) is 5.91 Å². The molecule has 3 heterocycles. The van der Waals surface area contributed by atoms with Crippen LogP contribution < -0.4 is 5.32 Å². The Bertz CT molecular complexity index is 952. The van der Waals surface area contributed by atoms with E-state index in [1.165, 1.54) is 28.4 Å². The smallest absolute Gasteiger partial charge is 0.236 e. The summed E-state index contributed by atoms with van der Waals surface area (Å²) >= 11 is 8.93. The molecule has 6 nitrogen and oxygen atoms in total. The van der Waals surface area contributed by atoms with Crippen molar-refractivity contribution in [1.82, 2.24) is 19.7 Å². The number of thiophene rings is 1. The third-order valence-corrected chi connectivity index (χ3v) is 6.33. The molecule has 9 heteroatoms. The lowest BCUT2D eigenvalue weighted by Gasteiger charge is -2.09. The Morgan fingerprint density at radius 3 is 2.82 bits per heavy atom. The van der Waals surface area contributed by atoms with Crippen LogP contribution in [0.2, 0.25) is 5.02 Å². The van der Waals surface area contributed by atoms with Crippen molar-refractivity contribution in [3.63, 3.8) is 0 Å². The predicted octanol–water partition coefficient (Wildman–Crippen LogP) is 5.07. The van der Waals surface area contributed by atoms with Gasteiger partial charge in [0.1, 0.15) is 5.82 Å². The molecule has 0 spiro atoms. The number of amides is 1. The lowest BCUT2D eigenvalue weighted by molar-refractivity contribution is -0.113. The Kier molecular flexibility index (Phi) is 7.09. The number of halogens is 1. The SMILES string of the molecule is CCCn1c(SCC(=O)Nc2ccc(Cl)cn2)nnc1-c1csc(C)c1CC. The molecule has 0 aromatic carbocycles. The molecule has 0 saturated heterocycles. The van der Waals surface area contributed by atoms with Gasteiger partial charge in [-0.2, -0.15) is 0 Å². The first-order chi connectivity index (χ1) is 13.5. The quantitative estimate of drug-likeness (QED) is 0.500. The Hall–Kier alpha value is -1.90. The second-order valence-corrected chi connectivity index (χ2v) is 8.66. The van der Waals surface area contributed by atoms with Gasteiger partial charge in [0, 0.05) is 28.6 Å². The third kappa shape index (κ3) is 4.74. The summed E-state index contributed by atoms with van der Waals surface area (Å²) in [5.41, 5.74) is 2.46. The molecular weight excluding hydrogens is 414 g/mol. The standard InChI is InChI=1S/C19H22ClN5OS2/c1-4-8-25-18(15-10-27-12(3)14(15)5-2)23-24-19(25)28-11-17(26)22-16-7-6-13(20)9-21-16/h6-7,9-10H,4-5,8,11H2,1-3H3,(H,21,22,26).